The van der Waals surface area contributed by atoms with Crippen molar-refractivity contribution in [2.45, 2.75) is 13.5 Å². The fourth-order valence-electron chi connectivity index (χ4n) is 1.99. The lowest BCUT2D eigenvalue weighted by Gasteiger charge is -1.98. The average molecular weight is 257 g/mol. The van der Waals surface area contributed by atoms with Crippen LogP contribution < -0.4 is 5.76 Å². The molecule has 2 aromatic heterocycles. The first-order valence-corrected chi connectivity index (χ1v) is 5.83. The summed E-state index contributed by atoms with van der Waals surface area (Å²) in [5, 5.41) is 9.89. The van der Waals surface area contributed by atoms with Crippen molar-refractivity contribution in [3.63, 3.8) is 0 Å². The third-order valence-corrected chi connectivity index (χ3v) is 2.95. The molecule has 2 aromatic rings. The van der Waals surface area contributed by atoms with Crippen molar-refractivity contribution < 1.29 is 9.52 Å². The third-order valence-electron chi connectivity index (χ3n) is 2.95. The Balaban J connectivity index is 2.10. The van der Waals surface area contributed by atoms with E-state index < -0.39 is 5.76 Å². The summed E-state index contributed by atoms with van der Waals surface area (Å²) in [5.41, 5.74) is 2.41. The summed E-state index contributed by atoms with van der Waals surface area (Å²) in [6.45, 7) is 2.11. The van der Waals surface area contributed by atoms with Crippen molar-refractivity contribution in [1.29, 1.82) is 0 Å². The molecule has 0 saturated carbocycles. The van der Waals surface area contributed by atoms with Gasteiger partial charge in [-0.25, -0.2) is 9.36 Å². The van der Waals surface area contributed by atoms with E-state index >= 15 is 0 Å². The number of oxazole rings is 1. The summed E-state index contributed by atoms with van der Waals surface area (Å²) >= 11 is 0. The number of allylic oxidation sites excluding steroid dienone is 1. The van der Waals surface area contributed by atoms with Crippen LogP contribution in [0.1, 0.15) is 18.2 Å². The Morgan fingerprint density at radius 2 is 2.37 bits per heavy atom. The van der Waals surface area contributed by atoms with Crippen LogP contribution in [0.3, 0.4) is 0 Å². The molecule has 96 valence electrons. The summed E-state index contributed by atoms with van der Waals surface area (Å²) in [4.78, 5) is 19.6. The van der Waals surface area contributed by atoms with Gasteiger partial charge >= 0.3 is 5.76 Å². The van der Waals surface area contributed by atoms with E-state index in [2.05, 4.69) is 9.98 Å². The molecule has 0 atom stereocenters. The molecule has 0 spiro atoms. The molecule has 0 aliphatic carbocycles. The molecule has 6 heteroatoms. The summed E-state index contributed by atoms with van der Waals surface area (Å²) in [6, 6.07) is 1.82. The lowest BCUT2D eigenvalue weighted by atomic mass is 10.1. The van der Waals surface area contributed by atoms with Gasteiger partial charge in [-0.3, -0.25) is 9.98 Å². The second-order valence-electron chi connectivity index (χ2n) is 4.05. The second kappa shape index (κ2) is 4.24. The lowest BCUT2D eigenvalue weighted by molar-refractivity contribution is 0.417. The highest BCUT2D eigenvalue weighted by Gasteiger charge is 2.16. The van der Waals surface area contributed by atoms with Gasteiger partial charge in [0.15, 0.2) is 5.76 Å². The Morgan fingerprint density at radius 1 is 1.53 bits per heavy atom. The number of nitrogens with zero attached hydrogens (tertiary/aromatic N) is 3. The van der Waals surface area contributed by atoms with E-state index in [9.17, 15) is 9.90 Å². The van der Waals surface area contributed by atoms with E-state index in [1.165, 1.54) is 0 Å². The van der Waals surface area contributed by atoms with Crippen LogP contribution in [-0.2, 0) is 6.54 Å². The van der Waals surface area contributed by atoms with Crippen molar-refractivity contribution in [3.05, 3.63) is 40.3 Å². The zero-order valence-corrected chi connectivity index (χ0v) is 10.2. The fourth-order valence-corrected chi connectivity index (χ4v) is 1.99. The number of aromatic nitrogens is 2. The number of pyridine rings is 1. The third kappa shape index (κ3) is 1.77. The van der Waals surface area contributed by atoms with Crippen molar-refractivity contribution in [1.82, 2.24) is 9.55 Å². The molecule has 0 fully saturated rings. The Labute approximate surface area is 108 Å². The molecule has 0 bridgehead atoms. The Bertz CT molecular complexity index is 753. The summed E-state index contributed by atoms with van der Waals surface area (Å²) in [5.74, 6) is -0.606. The highest BCUT2D eigenvalue weighted by molar-refractivity contribution is 6.21. The quantitative estimate of drug-likeness (QED) is 0.889. The van der Waals surface area contributed by atoms with Crippen LogP contribution in [-0.4, -0.2) is 20.9 Å². The zero-order valence-electron chi connectivity index (χ0n) is 10.2. The molecule has 3 rings (SSSR count). The van der Waals surface area contributed by atoms with E-state index in [1.54, 1.807) is 31.6 Å². The van der Waals surface area contributed by atoms with Gasteiger partial charge in [-0.05, 0) is 19.1 Å². The monoisotopic (exact) mass is 257 g/mol. The largest absolute Gasteiger partial charge is 0.492 e. The molecule has 6 nitrogen and oxygen atoms in total. The predicted molar refractivity (Wildman–Crippen MR) is 70.6 cm³/mol. The van der Waals surface area contributed by atoms with Gasteiger partial charge in [0.1, 0.15) is 0 Å². The van der Waals surface area contributed by atoms with Crippen LogP contribution in [0, 0.1) is 0 Å². The van der Waals surface area contributed by atoms with Crippen LogP contribution in [0.4, 0.5) is 5.69 Å². The van der Waals surface area contributed by atoms with Crippen molar-refractivity contribution in [2.75, 3.05) is 0 Å². The SMILES string of the molecule is CCn1c(O)c(/C=C2\C=Nc3cnccc32)oc1=O. The van der Waals surface area contributed by atoms with E-state index in [0.717, 1.165) is 21.4 Å². The van der Waals surface area contributed by atoms with Crippen LogP contribution in [0.15, 0.2) is 32.7 Å². The maximum absolute atomic E-state index is 11.5. The number of hydrogen-bond acceptors (Lipinski definition) is 5. The molecule has 0 unspecified atom stereocenters. The van der Waals surface area contributed by atoms with E-state index in [4.69, 9.17) is 4.42 Å². The van der Waals surface area contributed by atoms with E-state index in [0.29, 0.717) is 6.54 Å². The molecule has 0 radical (unpaired) electrons. The van der Waals surface area contributed by atoms with Crippen LogP contribution >= 0.6 is 0 Å². The van der Waals surface area contributed by atoms with Gasteiger partial charge in [0.05, 0.1) is 11.9 Å². The maximum Gasteiger partial charge on any atom is 0.422 e. The highest BCUT2D eigenvalue weighted by Crippen LogP contribution is 2.32. The van der Waals surface area contributed by atoms with E-state index in [1.807, 2.05) is 6.07 Å². The van der Waals surface area contributed by atoms with Gasteiger partial charge in [0.2, 0.25) is 5.88 Å². The Morgan fingerprint density at radius 3 is 3.11 bits per heavy atom. The summed E-state index contributed by atoms with van der Waals surface area (Å²) in [6.07, 6.45) is 6.56. The van der Waals surface area contributed by atoms with Crippen molar-refractivity contribution in [3.8, 4) is 5.88 Å². The number of aromatic hydroxyl groups is 1. The van der Waals surface area contributed by atoms with Crippen molar-refractivity contribution >= 4 is 23.6 Å². The molecule has 0 amide bonds. The average Bonchev–Trinajstić information content (AvgIpc) is 2.93. The number of aliphatic imine (C=N–C) groups is 1. The predicted octanol–water partition coefficient (Wildman–Crippen LogP) is 1.82. The van der Waals surface area contributed by atoms with Crippen molar-refractivity contribution in [2.24, 2.45) is 4.99 Å². The highest BCUT2D eigenvalue weighted by atomic mass is 16.4. The van der Waals surface area contributed by atoms with Gasteiger partial charge in [-0.1, -0.05) is 0 Å². The molecule has 1 N–H and O–H groups in total. The molecule has 1 aliphatic rings. The van der Waals surface area contributed by atoms with Gasteiger partial charge in [0, 0.05) is 30.1 Å². The Hall–Kier alpha value is -2.63. The first-order valence-electron chi connectivity index (χ1n) is 5.83. The standard InChI is InChI=1S/C13H11N3O3/c1-2-16-12(17)11(19-13(16)18)5-8-6-15-10-7-14-4-3-9(8)10/h3-7,17H,2H2,1H3/b8-5+. The lowest BCUT2D eigenvalue weighted by Crippen LogP contribution is -2.11. The summed E-state index contributed by atoms with van der Waals surface area (Å²) < 4.78 is 6.18. The minimum absolute atomic E-state index is 0.137. The van der Waals surface area contributed by atoms with Crippen LogP contribution in [0.25, 0.3) is 11.6 Å². The second-order valence-corrected chi connectivity index (χ2v) is 4.05. The molecule has 19 heavy (non-hydrogen) atoms. The number of hydrogen-bond donors (Lipinski definition) is 1. The summed E-state index contributed by atoms with van der Waals surface area (Å²) in [7, 11) is 0. The topological polar surface area (TPSA) is 80.6 Å². The first kappa shape index (κ1) is 11.5. The molecule has 0 saturated heterocycles. The normalized spacial score (nSPS) is 15.1. The number of fused-ring (bicyclic) bond motifs is 1. The molecular formula is C13H11N3O3. The van der Waals surface area contributed by atoms with Gasteiger partial charge in [0.25, 0.3) is 0 Å². The first-order chi connectivity index (χ1) is 9.20. The van der Waals surface area contributed by atoms with Gasteiger partial charge in [-0.15, -0.1) is 0 Å². The zero-order chi connectivity index (χ0) is 13.4. The molecule has 1 aliphatic heterocycles. The molecule has 3 heterocycles. The Kier molecular flexibility index (Phi) is 2.56. The van der Waals surface area contributed by atoms with Crippen LogP contribution in [0.2, 0.25) is 0 Å². The smallest absolute Gasteiger partial charge is 0.422 e. The minimum atomic E-state index is -0.572. The molecular weight excluding hydrogens is 246 g/mol. The fraction of sp³-hybridized carbons (Fsp3) is 0.154. The van der Waals surface area contributed by atoms with Gasteiger partial charge in [-0.2, -0.15) is 0 Å². The molecule has 0 aromatic carbocycles. The maximum atomic E-state index is 11.5. The van der Waals surface area contributed by atoms with Gasteiger partial charge < -0.3 is 9.52 Å². The van der Waals surface area contributed by atoms with E-state index in [-0.39, 0.29) is 11.6 Å². The number of rotatable bonds is 2. The minimum Gasteiger partial charge on any atom is -0.492 e. The van der Waals surface area contributed by atoms with Crippen LogP contribution in [0.5, 0.6) is 5.88 Å².